The summed E-state index contributed by atoms with van der Waals surface area (Å²) in [5.74, 6) is 0. The summed E-state index contributed by atoms with van der Waals surface area (Å²) >= 11 is 0. The summed E-state index contributed by atoms with van der Waals surface area (Å²) in [4.78, 5) is 0. The Hall–Kier alpha value is -1.03. The average molecular weight is 429 g/mol. The van der Waals surface area contributed by atoms with E-state index in [1.165, 1.54) is 57.1 Å². The number of benzene rings is 1. The van der Waals surface area contributed by atoms with Crippen molar-refractivity contribution in [1.82, 2.24) is 0 Å². The van der Waals surface area contributed by atoms with Gasteiger partial charge in [-0.2, -0.15) is 13.2 Å². The molecule has 0 amide bonds. The molecule has 1 atom stereocenters. The lowest BCUT2D eigenvalue weighted by atomic mass is 9.87. The topological polar surface area (TPSA) is 9.23 Å². The lowest BCUT2D eigenvalue weighted by Crippen LogP contribution is -2.30. The normalized spacial score (nSPS) is 14.1. The third-order valence-electron chi connectivity index (χ3n) is 6.44. The first-order valence-corrected chi connectivity index (χ1v) is 12.1. The Bertz CT molecular complexity index is 532. The molecular formula is C26H43F3O. The molecule has 0 saturated heterocycles. The van der Waals surface area contributed by atoms with Crippen LogP contribution in [0.1, 0.15) is 115 Å². The molecule has 0 spiro atoms. The van der Waals surface area contributed by atoms with Gasteiger partial charge >= 0.3 is 6.18 Å². The van der Waals surface area contributed by atoms with E-state index in [-0.39, 0.29) is 5.60 Å². The fourth-order valence-corrected chi connectivity index (χ4v) is 4.22. The van der Waals surface area contributed by atoms with Gasteiger partial charge < -0.3 is 4.74 Å². The first-order valence-electron chi connectivity index (χ1n) is 12.1. The lowest BCUT2D eigenvalue weighted by Gasteiger charge is -2.32. The minimum atomic E-state index is -4.25. The van der Waals surface area contributed by atoms with Gasteiger partial charge in [0, 0.05) is 7.11 Å². The predicted molar refractivity (Wildman–Crippen MR) is 121 cm³/mol. The van der Waals surface area contributed by atoms with Crippen molar-refractivity contribution in [1.29, 1.82) is 0 Å². The summed E-state index contributed by atoms with van der Waals surface area (Å²) < 4.78 is 43.8. The fourth-order valence-electron chi connectivity index (χ4n) is 4.22. The summed E-state index contributed by atoms with van der Waals surface area (Å²) in [5, 5.41) is 0. The number of aryl methyl sites for hydroxylation is 1. The Morgan fingerprint density at radius 3 is 1.67 bits per heavy atom. The Morgan fingerprint density at radius 1 is 0.700 bits per heavy atom. The monoisotopic (exact) mass is 428 g/mol. The SMILES string of the molecule is CCCCCCCCCC(CC)(CCCCCCc1ccc(C(F)(F)F)cc1)OC. The van der Waals surface area contributed by atoms with Gasteiger partial charge in [0.25, 0.3) is 0 Å². The van der Waals surface area contributed by atoms with E-state index in [1.54, 1.807) is 12.1 Å². The Morgan fingerprint density at radius 2 is 1.20 bits per heavy atom. The van der Waals surface area contributed by atoms with Crippen LogP contribution in [-0.4, -0.2) is 12.7 Å². The van der Waals surface area contributed by atoms with Crippen molar-refractivity contribution in [3.8, 4) is 0 Å². The highest BCUT2D eigenvalue weighted by atomic mass is 19.4. The maximum atomic E-state index is 12.6. The first-order chi connectivity index (χ1) is 14.4. The largest absolute Gasteiger partial charge is 0.416 e. The van der Waals surface area contributed by atoms with E-state index in [9.17, 15) is 13.2 Å². The van der Waals surface area contributed by atoms with Gasteiger partial charge in [-0.05, 0) is 49.8 Å². The highest BCUT2D eigenvalue weighted by Gasteiger charge is 2.30. The molecule has 0 fully saturated rings. The van der Waals surface area contributed by atoms with E-state index in [4.69, 9.17) is 4.74 Å². The Labute approximate surface area is 182 Å². The van der Waals surface area contributed by atoms with Crippen LogP contribution in [0.15, 0.2) is 24.3 Å². The van der Waals surface area contributed by atoms with Gasteiger partial charge in [0.05, 0.1) is 11.2 Å². The summed E-state index contributed by atoms with van der Waals surface area (Å²) in [6, 6.07) is 5.59. The summed E-state index contributed by atoms with van der Waals surface area (Å²) in [7, 11) is 1.86. The molecule has 0 bridgehead atoms. The van der Waals surface area contributed by atoms with Crippen LogP contribution in [0.3, 0.4) is 0 Å². The second-order valence-corrected chi connectivity index (χ2v) is 8.72. The van der Waals surface area contributed by atoms with E-state index >= 15 is 0 Å². The number of halogens is 3. The summed E-state index contributed by atoms with van der Waals surface area (Å²) in [6.45, 7) is 4.48. The molecule has 0 radical (unpaired) electrons. The standard InChI is InChI=1S/C26H43F3O/c1-4-6-7-8-9-11-14-21-25(5-2,30-3)22-15-12-10-13-16-23-17-19-24(20-18-23)26(27,28)29/h17-20H,4-16,21-22H2,1-3H3. The van der Waals surface area contributed by atoms with E-state index in [0.717, 1.165) is 56.9 Å². The fraction of sp³-hybridized carbons (Fsp3) is 0.769. The molecule has 1 rings (SSSR count). The molecule has 1 unspecified atom stereocenters. The zero-order chi connectivity index (χ0) is 22.3. The maximum absolute atomic E-state index is 12.6. The number of ether oxygens (including phenoxy) is 1. The van der Waals surface area contributed by atoms with Gasteiger partial charge in [-0.1, -0.05) is 90.2 Å². The molecular weight excluding hydrogens is 385 g/mol. The molecule has 0 aliphatic heterocycles. The molecule has 0 N–H and O–H groups in total. The first kappa shape index (κ1) is 27.0. The lowest BCUT2D eigenvalue weighted by molar-refractivity contribution is -0.137. The van der Waals surface area contributed by atoms with Gasteiger partial charge in [0.2, 0.25) is 0 Å². The third kappa shape index (κ3) is 10.8. The van der Waals surface area contributed by atoms with Crippen LogP contribution in [0.4, 0.5) is 13.2 Å². The van der Waals surface area contributed by atoms with Crippen LogP contribution < -0.4 is 0 Å². The number of hydrogen-bond acceptors (Lipinski definition) is 1. The second-order valence-electron chi connectivity index (χ2n) is 8.72. The van der Waals surface area contributed by atoms with Crippen LogP contribution in [0.5, 0.6) is 0 Å². The zero-order valence-corrected chi connectivity index (χ0v) is 19.5. The van der Waals surface area contributed by atoms with Crippen LogP contribution >= 0.6 is 0 Å². The summed E-state index contributed by atoms with van der Waals surface area (Å²) in [6.07, 6.45) is 13.6. The van der Waals surface area contributed by atoms with Gasteiger partial charge in [-0.25, -0.2) is 0 Å². The second kappa shape index (κ2) is 14.9. The molecule has 30 heavy (non-hydrogen) atoms. The molecule has 0 aromatic heterocycles. The molecule has 0 heterocycles. The van der Waals surface area contributed by atoms with Crippen molar-refractivity contribution in [3.63, 3.8) is 0 Å². The Kier molecular flexibility index (Phi) is 13.4. The third-order valence-corrected chi connectivity index (χ3v) is 6.44. The number of rotatable bonds is 17. The Balaban J connectivity index is 2.21. The molecule has 0 saturated carbocycles. The molecule has 0 aliphatic carbocycles. The smallest absolute Gasteiger partial charge is 0.378 e. The molecule has 0 aliphatic rings. The van der Waals surface area contributed by atoms with Crippen molar-refractivity contribution in [2.24, 2.45) is 0 Å². The van der Waals surface area contributed by atoms with Crippen molar-refractivity contribution >= 4 is 0 Å². The maximum Gasteiger partial charge on any atom is 0.416 e. The average Bonchev–Trinajstić information content (AvgIpc) is 2.74. The summed E-state index contributed by atoms with van der Waals surface area (Å²) in [5.41, 5.74) is 0.445. The molecule has 1 nitrogen and oxygen atoms in total. The molecule has 174 valence electrons. The van der Waals surface area contributed by atoms with E-state index < -0.39 is 11.7 Å². The number of unbranched alkanes of at least 4 members (excludes halogenated alkanes) is 9. The molecule has 1 aromatic rings. The van der Waals surface area contributed by atoms with E-state index in [0.29, 0.717) is 0 Å². The van der Waals surface area contributed by atoms with Crippen molar-refractivity contribution in [2.75, 3.05) is 7.11 Å². The zero-order valence-electron chi connectivity index (χ0n) is 19.5. The van der Waals surface area contributed by atoms with Crippen molar-refractivity contribution in [2.45, 2.75) is 122 Å². The van der Waals surface area contributed by atoms with E-state index in [1.807, 2.05) is 7.11 Å². The van der Waals surface area contributed by atoms with Crippen molar-refractivity contribution < 1.29 is 17.9 Å². The van der Waals surface area contributed by atoms with Gasteiger partial charge in [0.1, 0.15) is 0 Å². The predicted octanol–water partition coefficient (Wildman–Crippen LogP) is 9.13. The van der Waals surface area contributed by atoms with Crippen molar-refractivity contribution in [3.05, 3.63) is 35.4 Å². The number of alkyl halides is 3. The van der Waals surface area contributed by atoms with Crippen LogP contribution in [0, 0.1) is 0 Å². The van der Waals surface area contributed by atoms with Crippen LogP contribution in [-0.2, 0) is 17.3 Å². The highest BCUT2D eigenvalue weighted by Crippen LogP contribution is 2.31. The molecule has 1 aromatic carbocycles. The molecule has 4 heteroatoms. The van der Waals surface area contributed by atoms with Crippen LogP contribution in [0.25, 0.3) is 0 Å². The minimum Gasteiger partial charge on any atom is -0.378 e. The highest BCUT2D eigenvalue weighted by molar-refractivity contribution is 5.24. The van der Waals surface area contributed by atoms with E-state index in [2.05, 4.69) is 13.8 Å². The van der Waals surface area contributed by atoms with Crippen LogP contribution in [0.2, 0.25) is 0 Å². The van der Waals surface area contributed by atoms with Gasteiger partial charge in [0.15, 0.2) is 0 Å². The number of hydrogen-bond donors (Lipinski definition) is 0. The minimum absolute atomic E-state index is 0.0246. The van der Waals surface area contributed by atoms with Gasteiger partial charge in [-0.3, -0.25) is 0 Å². The van der Waals surface area contributed by atoms with Gasteiger partial charge in [-0.15, -0.1) is 0 Å². The quantitative estimate of drug-likeness (QED) is 0.225. The number of methoxy groups -OCH3 is 1.